The van der Waals surface area contributed by atoms with Gasteiger partial charge in [-0.25, -0.2) is 4.39 Å². The maximum atomic E-state index is 13.9. The van der Waals surface area contributed by atoms with Crippen molar-refractivity contribution in [3.8, 4) is 0 Å². The van der Waals surface area contributed by atoms with E-state index in [0.717, 1.165) is 12.8 Å². The third-order valence-electron chi connectivity index (χ3n) is 3.40. The molecule has 0 unspecified atom stereocenters. The molecule has 1 aromatic rings. The molecular formula is C17H25ClFNO. The molecule has 4 heteroatoms. The minimum Gasteiger partial charge on any atom is -0.339 e. The summed E-state index contributed by atoms with van der Waals surface area (Å²) in [5, 5.41) is 0.382. The summed E-state index contributed by atoms with van der Waals surface area (Å²) in [5.74, 6) is 0.229. The highest BCUT2D eigenvalue weighted by atomic mass is 35.5. The molecule has 0 fully saturated rings. The quantitative estimate of drug-likeness (QED) is 0.692. The van der Waals surface area contributed by atoms with Crippen LogP contribution in [0.4, 0.5) is 4.39 Å². The Hall–Kier alpha value is -1.09. The molecule has 1 aromatic carbocycles. The molecule has 0 bridgehead atoms. The van der Waals surface area contributed by atoms with Gasteiger partial charge in [-0.05, 0) is 42.9 Å². The highest BCUT2D eigenvalue weighted by molar-refractivity contribution is 6.31. The first kappa shape index (κ1) is 18.0. The molecule has 0 aromatic heterocycles. The van der Waals surface area contributed by atoms with Gasteiger partial charge in [0.15, 0.2) is 0 Å². The second kappa shape index (κ2) is 8.38. The fourth-order valence-electron chi connectivity index (χ4n) is 1.97. The second-order valence-corrected chi connectivity index (χ2v) is 6.72. The Morgan fingerprint density at radius 2 is 1.67 bits per heavy atom. The van der Waals surface area contributed by atoms with Crippen molar-refractivity contribution < 1.29 is 9.18 Å². The summed E-state index contributed by atoms with van der Waals surface area (Å²) in [6.07, 6.45) is 1.82. The summed E-state index contributed by atoms with van der Waals surface area (Å²) in [7, 11) is 0. The second-order valence-electron chi connectivity index (χ2n) is 6.28. The third kappa shape index (κ3) is 6.04. The number of carbonyl (C=O) groups is 1. The monoisotopic (exact) mass is 313 g/mol. The summed E-state index contributed by atoms with van der Waals surface area (Å²) in [6.45, 7) is 9.76. The molecule has 1 amide bonds. The van der Waals surface area contributed by atoms with E-state index in [9.17, 15) is 9.18 Å². The first-order chi connectivity index (χ1) is 9.81. The highest BCUT2D eigenvalue weighted by Gasteiger charge is 2.20. The third-order valence-corrected chi connectivity index (χ3v) is 3.63. The Labute approximate surface area is 132 Å². The minimum absolute atomic E-state index is 0.0648. The molecule has 118 valence electrons. The van der Waals surface area contributed by atoms with Gasteiger partial charge < -0.3 is 4.90 Å². The Kier molecular flexibility index (Phi) is 7.16. The molecule has 0 radical (unpaired) electrons. The lowest BCUT2D eigenvalue weighted by Crippen LogP contribution is -2.34. The zero-order valence-corrected chi connectivity index (χ0v) is 14.1. The van der Waals surface area contributed by atoms with Gasteiger partial charge in [-0.1, -0.05) is 39.3 Å². The smallest absolute Gasteiger partial charge is 0.256 e. The van der Waals surface area contributed by atoms with Gasteiger partial charge in [0.25, 0.3) is 5.91 Å². The van der Waals surface area contributed by atoms with Gasteiger partial charge in [0.2, 0.25) is 0 Å². The molecule has 21 heavy (non-hydrogen) atoms. The topological polar surface area (TPSA) is 20.3 Å². The van der Waals surface area contributed by atoms with Crippen molar-refractivity contribution >= 4 is 17.5 Å². The standard InChI is InChI=1S/C17H25ClFNO/c1-12(2)7-9-20(10-8-13(3)4)17(21)15-11-14(18)5-6-16(15)19/h5-6,11-13H,7-10H2,1-4H3. The molecule has 0 spiro atoms. The van der Waals surface area contributed by atoms with Gasteiger partial charge in [0.1, 0.15) is 5.82 Å². The number of hydrogen-bond acceptors (Lipinski definition) is 1. The van der Waals surface area contributed by atoms with Crippen LogP contribution in [0.3, 0.4) is 0 Å². The Morgan fingerprint density at radius 1 is 1.14 bits per heavy atom. The van der Waals surface area contributed by atoms with Gasteiger partial charge in [0, 0.05) is 18.1 Å². The van der Waals surface area contributed by atoms with E-state index in [4.69, 9.17) is 11.6 Å². The van der Waals surface area contributed by atoms with E-state index in [1.165, 1.54) is 18.2 Å². The van der Waals surface area contributed by atoms with E-state index < -0.39 is 5.82 Å². The van der Waals surface area contributed by atoms with Crippen molar-refractivity contribution in [2.24, 2.45) is 11.8 Å². The molecule has 2 nitrogen and oxygen atoms in total. The first-order valence-corrected chi connectivity index (χ1v) is 7.93. The van der Waals surface area contributed by atoms with Gasteiger partial charge in [-0.15, -0.1) is 0 Å². The summed E-state index contributed by atoms with van der Waals surface area (Å²) in [5.41, 5.74) is 0.0648. The predicted octanol–water partition coefficient (Wildman–Crippen LogP) is 5.01. The van der Waals surface area contributed by atoms with Crippen LogP contribution in [0.1, 0.15) is 50.9 Å². The van der Waals surface area contributed by atoms with Crippen LogP contribution in [0.5, 0.6) is 0 Å². The van der Waals surface area contributed by atoms with Crippen molar-refractivity contribution in [3.63, 3.8) is 0 Å². The van der Waals surface area contributed by atoms with Crippen molar-refractivity contribution in [1.82, 2.24) is 4.90 Å². The fraction of sp³-hybridized carbons (Fsp3) is 0.588. The van der Waals surface area contributed by atoms with Crippen LogP contribution in [-0.4, -0.2) is 23.9 Å². The van der Waals surface area contributed by atoms with Crippen molar-refractivity contribution in [3.05, 3.63) is 34.6 Å². The summed E-state index contributed by atoms with van der Waals surface area (Å²) in [6, 6.07) is 4.12. The molecule has 0 saturated carbocycles. The largest absolute Gasteiger partial charge is 0.339 e. The number of hydrogen-bond donors (Lipinski definition) is 0. The maximum absolute atomic E-state index is 13.9. The minimum atomic E-state index is -0.511. The molecule has 0 heterocycles. The summed E-state index contributed by atoms with van der Waals surface area (Å²) >= 11 is 5.88. The van der Waals surface area contributed by atoms with Gasteiger partial charge in [0.05, 0.1) is 5.56 Å². The van der Waals surface area contributed by atoms with Crippen LogP contribution < -0.4 is 0 Å². The maximum Gasteiger partial charge on any atom is 0.256 e. The molecule has 0 aliphatic heterocycles. The molecule has 0 aliphatic rings. The number of amides is 1. The highest BCUT2D eigenvalue weighted by Crippen LogP contribution is 2.18. The van der Waals surface area contributed by atoms with Crippen LogP contribution in [0.15, 0.2) is 18.2 Å². The van der Waals surface area contributed by atoms with Crippen LogP contribution in [0, 0.1) is 17.7 Å². The molecular weight excluding hydrogens is 289 g/mol. The van der Waals surface area contributed by atoms with Crippen LogP contribution in [-0.2, 0) is 0 Å². The average Bonchev–Trinajstić information content (AvgIpc) is 2.40. The summed E-state index contributed by atoms with van der Waals surface area (Å²) < 4.78 is 13.9. The first-order valence-electron chi connectivity index (χ1n) is 7.55. The van der Waals surface area contributed by atoms with Gasteiger partial charge in [-0.2, -0.15) is 0 Å². The molecule has 0 saturated heterocycles. The molecule has 0 N–H and O–H groups in total. The zero-order valence-electron chi connectivity index (χ0n) is 13.3. The number of carbonyl (C=O) groups excluding carboxylic acids is 1. The lowest BCUT2D eigenvalue weighted by Gasteiger charge is -2.25. The van der Waals surface area contributed by atoms with Gasteiger partial charge in [-0.3, -0.25) is 4.79 Å². The predicted molar refractivity (Wildman–Crippen MR) is 86.2 cm³/mol. The Morgan fingerprint density at radius 3 is 2.14 bits per heavy atom. The average molecular weight is 314 g/mol. The molecule has 1 rings (SSSR count). The number of rotatable bonds is 7. The normalized spacial score (nSPS) is 11.2. The van der Waals surface area contributed by atoms with Crippen LogP contribution in [0.25, 0.3) is 0 Å². The van der Waals surface area contributed by atoms with E-state index >= 15 is 0 Å². The lowest BCUT2D eigenvalue weighted by atomic mass is 10.1. The van der Waals surface area contributed by atoms with Crippen molar-refractivity contribution in [2.45, 2.75) is 40.5 Å². The zero-order chi connectivity index (χ0) is 16.0. The van der Waals surface area contributed by atoms with E-state index in [-0.39, 0.29) is 11.5 Å². The lowest BCUT2D eigenvalue weighted by molar-refractivity contribution is 0.0736. The van der Waals surface area contributed by atoms with E-state index in [0.29, 0.717) is 29.9 Å². The number of benzene rings is 1. The van der Waals surface area contributed by atoms with Gasteiger partial charge >= 0.3 is 0 Å². The molecule has 0 atom stereocenters. The van der Waals surface area contributed by atoms with Crippen molar-refractivity contribution in [1.29, 1.82) is 0 Å². The van der Waals surface area contributed by atoms with Crippen molar-refractivity contribution in [2.75, 3.05) is 13.1 Å². The van der Waals surface area contributed by atoms with E-state index in [1.54, 1.807) is 4.90 Å². The summed E-state index contributed by atoms with van der Waals surface area (Å²) in [4.78, 5) is 14.3. The number of halogens is 2. The fourth-order valence-corrected chi connectivity index (χ4v) is 2.15. The van der Waals surface area contributed by atoms with Crippen LogP contribution in [0.2, 0.25) is 5.02 Å². The SMILES string of the molecule is CC(C)CCN(CCC(C)C)C(=O)c1cc(Cl)ccc1F. The number of nitrogens with zero attached hydrogens (tertiary/aromatic N) is 1. The van der Waals surface area contributed by atoms with E-state index in [1.807, 2.05) is 0 Å². The van der Waals surface area contributed by atoms with E-state index in [2.05, 4.69) is 27.7 Å². The molecule has 0 aliphatic carbocycles. The Balaban J connectivity index is 2.89. The van der Waals surface area contributed by atoms with Crippen LogP contribution >= 0.6 is 11.6 Å². The Bertz CT molecular complexity index is 462.